The van der Waals surface area contributed by atoms with Gasteiger partial charge in [0.25, 0.3) is 0 Å². The molecule has 5 nitrogen and oxygen atoms in total. The van der Waals surface area contributed by atoms with E-state index in [-0.39, 0.29) is 12.0 Å². The van der Waals surface area contributed by atoms with Crippen molar-refractivity contribution in [1.29, 1.82) is 0 Å². The highest BCUT2D eigenvalue weighted by molar-refractivity contribution is 7.22. The van der Waals surface area contributed by atoms with Crippen molar-refractivity contribution >= 4 is 44.2 Å². The molecule has 0 aliphatic carbocycles. The molecule has 1 amide bonds. The van der Waals surface area contributed by atoms with E-state index in [1.807, 2.05) is 42.5 Å². The van der Waals surface area contributed by atoms with E-state index in [9.17, 15) is 4.79 Å². The first kappa shape index (κ1) is 19.2. The third-order valence-corrected chi connectivity index (χ3v) is 6.16. The maximum absolute atomic E-state index is 13.2. The smallest absolute Gasteiger partial charge is 0.233 e. The summed E-state index contributed by atoms with van der Waals surface area (Å²) >= 11 is 7.77. The number of aromatic nitrogens is 1. The van der Waals surface area contributed by atoms with E-state index >= 15 is 0 Å². The number of anilines is 1. The lowest BCUT2D eigenvalue weighted by atomic mass is 10.1. The van der Waals surface area contributed by atoms with Crippen molar-refractivity contribution < 1.29 is 14.3 Å². The highest BCUT2D eigenvalue weighted by Crippen LogP contribution is 2.33. The van der Waals surface area contributed by atoms with Crippen molar-refractivity contribution in [2.24, 2.45) is 0 Å². The summed E-state index contributed by atoms with van der Waals surface area (Å²) in [5.74, 6) is 0.768. The molecule has 0 radical (unpaired) electrons. The van der Waals surface area contributed by atoms with Crippen molar-refractivity contribution in [2.75, 3.05) is 25.2 Å². The summed E-state index contributed by atoms with van der Waals surface area (Å²) in [5.41, 5.74) is 1.67. The third-order valence-electron chi connectivity index (χ3n) is 4.82. The molecular formula is C21H21ClN2O3S. The van der Waals surface area contributed by atoms with Crippen LogP contribution in [-0.4, -0.2) is 37.3 Å². The Balaban J connectivity index is 1.61. The van der Waals surface area contributed by atoms with Gasteiger partial charge in [-0.25, -0.2) is 4.98 Å². The lowest BCUT2D eigenvalue weighted by Crippen LogP contribution is -2.38. The Morgan fingerprint density at radius 1 is 1.32 bits per heavy atom. The largest absolute Gasteiger partial charge is 0.497 e. The quantitative estimate of drug-likeness (QED) is 0.583. The molecule has 1 atom stereocenters. The van der Waals surface area contributed by atoms with Gasteiger partial charge in [0.15, 0.2) is 5.13 Å². The molecule has 28 heavy (non-hydrogen) atoms. The van der Waals surface area contributed by atoms with E-state index in [4.69, 9.17) is 21.1 Å². The number of rotatable bonds is 6. The Hall–Kier alpha value is -2.15. The van der Waals surface area contributed by atoms with Crippen LogP contribution in [0, 0.1) is 0 Å². The number of para-hydroxylation sites is 1. The fourth-order valence-corrected chi connectivity index (χ4v) is 4.60. The van der Waals surface area contributed by atoms with Crippen LogP contribution < -0.4 is 9.64 Å². The number of halogens is 1. The maximum atomic E-state index is 13.2. The van der Waals surface area contributed by atoms with Crippen molar-refractivity contribution in [3.8, 4) is 5.75 Å². The molecular weight excluding hydrogens is 396 g/mol. The average Bonchev–Trinajstić information content (AvgIpc) is 3.37. The number of ether oxygens (including phenoxy) is 2. The first-order chi connectivity index (χ1) is 13.6. The summed E-state index contributed by atoms with van der Waals surface area (Å²) < 4.78 is 11.9. The zero-order valence-corrected chi connectivity index (χ0v) is 17.1. The van der Waals surface area contributed by atoms with Crippen LogP contribution in [0.15, 0.2) is 42.5 Å². The van der Waals surface area contributed by atoms with Crippen LogP contribution in [0.1, 0.15) is 18.4 Å². The Morgan fingerprint density at radius 2 is 2.14 bits per heavy atom. The number of thiazole rings is 1. The number of hydrogen-bond acceptors (Lipinski definition) is 5. The molecule has 0 saturated carbocycles. The standard InChI is InChI=1S/C21H21ClN2O3S/c1-26-15-9-7-14(8-10-15)12-19(25)24(13-16-4-3-11-27-16)21-23-20-17(22)5-2-6-18(20)28-21/h2,5-10,16H,3-4,11-13H2,1H3. The van der Waals surface area contributed by atoms with Crippen LogP contribution in [0.4, 0.5) is 5.13 Å². The van der Waals surface area contributed by atoms with E-state index in [1.54, 1.807) is 12.0 Å². The topological polar surface area (TPSA) is 51.7 Å². The zero-order valence-electron chi connectivity index (χ0n) is 15.6. The van der Waals surface area contributed by atoms with Crippen molar-refractivity contribution in [1.82, 2.24) is 4.98 Å². The second kappa shape index (κ2) is 8.47. The predicted octanol–water partition coefficient (Wildman–Crippen LogP) is 4.71. The highest BCUT2D eigenvalue weighted by Gasteiger charge is 2.26. The Morgan fingerprint density at radius 3 is 2.82 bits per heavy atom. The van der Waals surface area contributed by atoms with Gasteiger partial charge in [-0.1, -0.05) is 41.1 Å². The Labute approximate surface area is 172 Å². The molecule has 0 N–H and O–H groups in total. The molecule has 4 rings (SSSR count). The molecule has 146 valence electrons. The van der Waals surface area contributed by atoms with E-state index in [0.717, 1.165) is 41.0 Å². The predicted molar refractivity (Wildman–Crippen MR) is 113 cm³/mol. The molecule has 1 unspecified atom stereocenters. The summed E-state index contributed by atoms with van der Waals surface area (Å²) in [6.45, 7) is 1.25. The SMILES string of the molecule is COc1ccc(CC(=O)N(CC2CCCO2)c2nc3c(Cl)cccc3s2)cc1. The van der Waals surface area contributed by atoms with Crippen molar-refractivity contribution in [3.05, 3.63) is 53.1 Å². The minimum absolute atomic E-state index is 0.00385. The molecule has 0 spiro atoms. The molecule has 2 aromatic carbocycles. The van der Waals surface area contributed by atoms with Gasteiger partial charge >= 0.3 is 0 Å². The number of nitrogens with zero attached hydrogens (tertiary/aromatic N) is 2. The number of amides is 1. The lowest BCUT2D eigenvalue weighted by molar-refractivity contribution is -0.118. The summed E-state index contributed by atoms with van der Waals surface area (Å²) in [7, 11) is 1.63. The first-order valence-corrected chi connectivity index (χ1v) is 10.4. The van der Waals surface area contributed by atoms with Crippen molar-refractivity contribution in [2.45, 2.75) is 25.4 Å². The molecule has 1 fully saturated rings. The second-order valence-corrected chi connectivity index (χ2v) is 8.16. The molecule has 1 saturated heterocycles. The summed E-state index contributed by atoms with van der Waals surface area (Å²) in [6, 6.07) is 13.2. The molecule has 0 bridgehead atoms. The number of fused-ring (bicyclic) bond motifs is 1. The van der Waals surface area contributed by atoms with E-state index in [1.165, 1.54) is 11.3 Å². The van der Waals surface area contributed by atoms with Crippen LogP contribution in [0.3, 0.4) is 0 Å². The monoisotopic (exact) mass is 416 g/mol. The normalized spacial score (nSPS) is 16.4. The van der Waals surface area contributed by atoms with Gasteiger partial charge in [-0.15, -0.1) is 0 Å². The van der Waals surface area contributed by atoms with Crippen LogP contribution in [0.2, 0.25) is 5.02 Å². The lowest BCUT2D eigenvalue weighted by Gasteiger charge is -2.23. The minimum Gasteiger partial charge on any atom is -0.497 e. The number of methoxy groups -OCH3 is 1. The van der Waals surface area contributed by atoms with Gasteiger partial charge in [-0.3, -0.25) is 9.69 Å². The molecule has 1 aromatic heterocycles. The van der Waals surface area contributed by atoms with Crippen LogP contribution in [0.25, 0.3) is 10.2 Å². The molecule has 3 aromatic rings. The van der Waals surface area contributed by atoms with E-state index in [0.29, 0.717) is 23.1 Å². The Kier molecular flexibility index (Phi) is 5.80. The summed E-state index contributed by atoms with van der Waals surface area (Å²) in [6.07, 6.45) is 2.32. The van der Waals surface area contributed by atoms with Gasteiger partial charge < -0.3 is 9.47 Å². The fourth-order valence-electron chi connectivity index (χ4n) is 3.31. The van der Waals surface area contributed by atoms with Crippen LogP contribution >= 0.6 is 22.9 Å². The second-order valence-electron chi connectivity index (χ2n) is 6.75. The fraction of sp³-hybridized carbons (Fsp3) is 0.333. The molecule has 1 aliphatic rings. The van der Waals surface area contributed by atoms with E-state index < -0.39 is 0 Å². The molecule has 2 heterocycles. The first-order valence-electron chi connectivity index (χ1n) is 9.24. The third kappa shape index (κ3) is 4.14. The van der Waals surface area contributed by atoms with Gasteiger partial charge in [-0.05, 0) is 42.7 Å². The minimum atomic E-state index is -0.00385. The van der Waals surface area contributed by atoms with Crippen LogP contribution in [-0.2, 0) is 16.0 Å². The summed E-state index contributed by atoms with van der Waals surface area (Å²) in [4.78, 5) is 19.6. The molecule has 1 aliphatic heterocycles. The van der Waals surface area contributed by atoms with Gasteiger partial charge in [-0.2, -0.15) is 0 Å². The highest BCUT2D eigenvalue weighted by atomic mass is 35.5. The van der Waals surface area contributed by atoms with Crippen molar-refractivity contribution in [3.63, 3.8) is 0 Å². The van der Waals surface area contributed by atoms with Gasteiger partial charge in [0.2, 0.25) is 5.91 Å². The van der Waals surface area contributed by atoms with E-state index in [2.05, 4.69) is 4.98 Å². The van der Waals surface area contributed by atoms with Gasteiger partial charge in [0.05, 0.1) is 35.9 Å². The summed E-state index contributed by atoms with van der Waals surface area (Å²) in [5, 5.41) is 1.26. The molecule has 7 heteroatoms. The Bertz CT molecular complexity index is 967. The maximum Gasteiger partial charge on any atom is 0.233 e. The average molecular weight is 417 g/mol. The number of carbonyl (C=O) groups excluding carboxylic acids is 1. The number of hydrogen-bond donors (Lipinski definition) is 0. The number of carbonyl (C=O) groups is 1. The zero-order chi connectivity index (χ0) is 19.5. The number of benzene rings is 2. The van der Waals surface area contributed by atoms with Gasteiger partial charge in [0.1, 0.15) is 11.3 Å². The van der Waals surface area contributed by atoms with Crippen LogP contribution in [0.5, 0.6) is 5.75 Å². The van der Waals surface area contributed by atoms with Gasteiger partial charge in [0, 0.05) is 6.61 Å².